The summed E-state index contributed by atoms with van der Waals surface area (Å²) in [5, 5.41) is 0.0724. The van der Waals surface area contributed by atoms with Gasteiger partial charge in [-0.15, -0.1) is 6.58 Å². The van der Waals surface area contributed by atoms with Gasteiger partial charge in [-0.3, -0.25) is 9.10 Å². The third kappa shape index (κ3) is 5.40. The molecule has 0 saturated heterocycles. The van der Waals surface area contributed by atoms with Gasteiger partial charge in [-0.2, -0.15) is 0 Å². The highest BCUT2D eigenvalue weighted by molar-refractivity contribution is 7.93. The Labute approximate surface area is 178 Å². The maximum absolute atomic E-state index is 13.4. The largest absolute Gasteiger partial charge is 0.339 e. The zero-order chi connectivity index (χ0) is 21.4. The van der Waals surface area contributed by atoms with Crippen LogP contribution < -0.4 is 4.31 Å². The molecule has 0 radical (unpaired) electrons. The number of halogens is 1. The first kappa shape index (κ1) is 23.0. The summed E-state index contributed by atoms with van der Waals surface area (Å²) in [5.41, 5.74) is 0.802. The predicted molar refractivity (Wildman–Crippen MR) is 119 cm³/mol. The van der Waals surface area contributed by atoms with E-state index in [0.717, 1.165) is 12.8 Å². The van der Waals surface area contributed by atoms with Gasteiger partial charge in [-0.05, 0) is 43.7 Å². The Balaban J connectivity index is 2.48. The summed E-state index contributed by atoms with van der Waals surface area (Å²) in [6, 6.07) is 13.1. The topological polar surface area (TPSA) is 57.7 Å². The molecule has 1 amide bonds. The minimum atomic E-state index is -3.99. The lowest BCUT2D eigenvalue weighted by Crippen LogP contribution is -2.33. The van der Waals surface area contributed by atoms with Crippen LogP contribution in [-0.2, 0) is 10.0 Å². The fraction of sp³-hybridized carbons (Fsp3) is 0.318. The second kappa shape index (κ2) is 10.5. The molecule has 0 saturated carbocycles. The monoisotopic (exact) mass is 434 g/mol. The number of benzene rings is 2. The molecule has 2 rings (SSSR count). The van der Waals surface area contributed by atoms with Crippen molar-refractivity contribution < 1.29 is 13.2 Å². The van der Waals surface area contributed by atoms with E-state index in [2.05, 4.69) is 13.5 Å². The molecule has 0 aromatic heterocycles. The number of nitrogens with zero attached hydrogens (tertiary/aromatic N) is 2. The lowest BCUT2D eigenvalue weighted by molar-refractivity contribution is 0.0762. The molecule has 0 aliphatic carbocycles. The van der Waals surface area contributed by atoms with E-state index < -0.39 is 10.0 Å². The third-order valence-electron chi connectivity index (χ3n) is 4.54. The van der Waals surface area contributed by atoms with Gasteiger partial charge in [-0.1, -0.05) is 49.2 Å². The van der Waals surface area contributed by atoms with Crippen LogP contribution in [0.25, 0.3) is 0 Å². The number of para-hydroxylation sites is 1. The maximum Gasteiger partial charge on any atom is 0.266 e. The summed E-state index contributed by atoms with van der Waals surface area (Å²) in [4.78, 5) is 14.5. The first-order valence-electron chi connectivity index (χ1n) is 9.64. The summed E-state index contributed by atoms with van der Waals surface area (Å²) in [7, 11) is -3.99. The fourth-order valence-corrected chi connectivity index (χ4v) is 4.88. The minimum absolute atomic E-state index is 0.0724. The SMILES string of the molecule is C=CCN(c1ccccc1)S(=O)(=O)c1cc(C(=O)N(CC)CCCC)ccc1Cl. The van der Waals surface area contributed by atoms with Crippen LogP contribution in [0.5, 0.6) is 0 Å². The van der Waals surface area contributed by atoms with Crippen LogP contribution in [0.2, 0.25) is 5.02 Å². The number of hydrogen-bond acceptors (Lipinski definition) is 3. The number of anilines is 1. The first-order chi connectivity index (χ1) is 13.9. The molecule has 0 atom stereocenters. The Bertz CT molecular complexity index is 946. The molecule has 5 nitrogen and oxygen atoms in total. The average Bonchev–Trinajstić information content (AvgIpc) is 2.73. The molecule has 0 heterocycles. The number of sulfonamides is 1. The number of hydrogen-bond donors (Lipinski definition) is 0. The molecule has 2 aromatic carbocycles. The van der Waals surface area contributed by atoms with E-state index >= 15 is 0 Å². The van der Waals surface area contributed by atoms with Crippen molar-refractivity contribution >= 4 is 33.2 Å². The van der Waals surface area contributed by atoms with Crippen LogP contribution in [-0.4, -0.2) is 38.9 Å². The lowest BCUT2D eigenvalue weighted by Gasteiger charge is -2.25. The highest BCUT2D eigenvalue weighted by atomic mass is 35.5. The van der Waals surface area contributed by atoms with Crippen molar-refractivity contribution in [3.63, 3.8) is 0 Å². The molecule has 2 aromatic rings. The van der Waals surface area contributed by atoms with Crippen LogP contribution in [0.3, 0.4) is 0 Å². The quantitative estimate of drug-likeness (QED) is 0.495. The zero-order valence-corrected chi connectivity index (χ0v) is 18.4. The number of amides is 1. The van der Waals surface area contributed by atoms with Crippen molar-refractivity contribution in [3.05, 3.63) is 71.8 Å². The number of unbranched alkanes of at least 4 members (excludes halogenated alkanes) is 1. The van der Waals surface area contributed by atoms with Crippen LogP contribution in [0.15, 0.2) is 66.1 Å². The van der Waals surface area contributed by atoms with Crippen LogP contribution in [0.1, 0.15) is 37.0 Å². The first-order valence-corrected chi connectivity index (χ1v) is 11.5. The average molecular weight is 435 g/mol. The fourth-order valence-electron chi connectivity index (χ4n) is 2.94. The van der Waals surface area contributed by atoms with Gasteiger partial charge >= 0.3 is 0 Å². The summed E-state index contributed by atoms with van der Waals surface area (Å²) in [5.74, 6) is -0.205. The van der Waals surface area contributed by atoms with Gasteiger partial charge in [0.1, 0.15) is 4.90 Å². The van der Waals surface area contributed by atoms with E-state index in [9.17, 15) is 13.2 Å². The van der Waals surface area contributed by atoms with E-state index in [1.165, 1.54) is 22.5 Å². The smallest absolute Gasteiger partial charge is 0.266 e. The minimum Gasteiger partial charge on any atom is -0.339 e. The summed E-state index contributed by atoms with van der Waals surface area (Å²) in [6.45, 7) is 8.89. The summed E-state index contributed by atoms with van der Waals surface area (Å²) in [6.07, 6.45) is 3.37. The van der Waals surface area contributed by atoms with Gasteiger partial charge in [0, 0.05) is 18.7 Å². The van der Waals surface area contributed by atoms with Crippen molar-refractivity contribution in [3.8, 4) is 0 Å². The van der Waals surface area contributed by atoms with Crippen LogP contribution in [0, 0.1) is 0 Å². The van der Waals surface area contributed by atoms with Crippen LogP contribution in [0.4, 0.5) is 5.69 Å². The Hall–Kier alpha value is -2.31. The third-order valence-corrected chi connectivity index (χ3v) is 6.81. The number of carbonyl (C=O) groups is 1. The summed E-state index contributed by atoms with van der Waals surface area (Å²) < 4.78 is 28.0. The molecule has 0 spiro atoms. The highest BCUT2D eigenvalue weighted by Crippen LogP contribution is 2.29. The van der Waals surface area contributed by atoms with Crippen molar-refractivity contribution in [1.82, 2.24) is 4.90 Å². The Morgan fingerprint density at radius 1 is 1.14 bits per heavy atom. The molecule has 0 unspecified atom stereocenters. The van der Waals surface area contributed by atoms with Gasteiger partial charge < -0.3 is 4.90 Å². The number of carbonyl (C=O) groups excluding carboxylic acids is 1. The van der Waals surface area contributed by atoms with E-state index in [0.29, 0.717) is 24.3 Å². The van der Waals surface area contributed by atoms with Crippen LogP contribution >= 0.6 is 11.6 Å². The van der Waals surface area contributed by atoms with Crippen molar-refractivity contribution in [2.75, 3.05) is 23.9 Å². The molecule has 7 heteroatoms. The zero-order valence-electron chi connectivity index (χ0n) is 16.8. The molecule has 156 valence electrons. The number of rotatable bonds is 10. The van der Waals surface area contributed by atoms with E-state index in [-0.39, 0.29) is 22.4 Å². The maximum atomic E-state index is 13.4. The van der Waals surface area contributed by atoms with E-state index in [1.807, 2.05) is 13.0 Å². The van der Waals surface area contributed by atoms with Crippen molar-refractivity contribution in [2.45, 2.75) is 31.6 Å². The Kier molecular flexibility index (Phi) is 8.29. The molecule has 0 N–H and O–H groups in total. The highest BCUT2D eigenvalue weighted by Gasteiger charge is 2.28. The van der Waals surface area contributed by atoms with Gasteiger partial charge in [0.2, 0.25) is 0 Å². The second-order valence-electron chi connectivity index (χ2n) is 6.54. The normalized spacial score (nSPS) is 11.1. The molecule has 0 aliphatic rings. The van der Waals surface area contributed by atoms with E-state index in [1.54, 1.807) is 35.2 Å². The Morgan fingerprint density at radius 3 is 2.41 bits per heavy atom. The molecule has 0 bridgehead atoms. The summed E-state index contributed by atoms with van der Waals surface area (Å²) >= 11 is 6.26. The van der Waals surface area contributed by atoms with Crippen molar-refractivity contribution in [1.29, 1.82) is 0 Å². The van der Waals surface area contributed by atoms with Gasteiger partial charge in [0.25, 0.3) is 15.9 Å². The van der Waals surface area contributed by atoms with Gasteiger partial charge in [0.15, 0.2) is 0 Å². The second-order valence-corrected chi connectivity index (χ2v) is 8.78. The Morgan fingerprint density at radius 2 is 1.83 bits per heavy atom. The lowest BCUT2D eigenvalue weighted by atomic mass is 10.2. The van der Waals surface area contributed by atoms with Gasteiger partial charge in [-0.25, -0.2) is 8.42 Å². The van der Waals surface area contributed by atoms with E-state index in [4.69, 9.17) is 11.6 Å². The molecular formula is C22H27ClN2O3S. The van der Waals surface area contributed by atoms with Crippen molar-refractivity contribution in [2.24, 2.45) is 0 Å². The standard InChI is InChI=1S/C22H27ClN2O3S/c1-4-7-16-24(6-3)22(26)18-13-14-20(23)21(17-18)29(27,28)25(15-5-2)19-11-9-8-10-12-19/h5,8-14,17H,2,4,6-7,15-16H2,1,3H3. The predicted octanol–water partition coefficient (Wildman–Crippen LogP) is 4.98. The molecular weight excluding hydrogens is 408 g/mol. The molecule has 0 fully saturated rings. The van der Waals surface area contributed by atoms with Gasteiger partial charge in [0.05, 0.1) is 17.3 Å². The molecule has 29 heavy (non-hydrogen) atoms. The molecule has 0 aliphatic heterocycles.